The van der Waals surface area contributed by atoms with Crippen LogP contribution in [0.15, 0.2) is 17.5 Å². The van der Waals surface area contributed by atoms with Crippen LogP contribution in [0.5, 0.6) is 0 Å². The van der Waals surface area contributed by atoms with E-state index in [1.807, 2.05) is 17.5 Å². The van der Waals surface area contributed by atoms with Crippen molar-refractivity contribution in [1.29, 1.82) is 0 Å². The molecule has 1 heterocycles. The van der Waals surface area contributed by atoms with E-state index in [0.717, 1.165) is 4.88 Å². The molecule has 0 aliphatic heterocycles. The molecule has 1 aromatic heterocycles. The summed E-state index contributed by atoms with van der Waals surface area (Å²) in [5, 5.41) is 1.96. The highest BCUT2D eigenvalue weighted by molar-refractivity contribution is 7.74. The van der Waals surface area contributed by atoms with Gasteiger partial charge in [-0.2, -0.15) is 4.21 Å². The normalized spacial score (nSPS) is 13.2. The molecule has 0 bridgehead atoms. The van der Waals surface area contributed by atoms with Crippen LogP contribution >= 0.6 is 11.3 Å². The van der Waals surface area contributed by atoms with Gasteiger partial charge < -0.3 is 0 Å². The molecule has 0 saturated heterocycles. The van der Waals surface area contributed by atoms with E-state index in [1.165, 1.54) is 0 Å². The molecule has 5 heteroatoms. The molecule has 1 unspecified atom stereocenters. The van der Waals surface area contributed by atoms with Crippen LogP contribution in [0.25, 0.3) is 0 Å². The van der Waals surface area contributed by atoms with Crippen LogP contribution < -0.4 is 0 Å². The predicted molar refractivity (Wildman–Crippen MR) is 44.7 cm³/mol. The van der Waals surface area contributed by atoms with Gasteiger partial charge in [0.05, 0.1) is 6.61 Å². The lowest BCUT2D eigenvalue weighted by atomic mass is 10.4. The fraction of sp³-hybridized carbons (Fsp3) is 0.333. The van der Waals surface area contributed by atoms with Gasteiger partial charge in [0.25, 0.3) is 0 Å². The molecule has 62 valence electrons. The average molecular weight is 192 g/mol. The van der Waals surface area contributed by atoms with Gasteiger partial charge in [0, 0.05) is 11.3 Å². The Morgan fingerprint density at radius 2 is 2.55 bits per heavy atom. The fourth-order valence-corrected chi connectivity index (χ4v) is 1.58. The third kappa shape index (κ3) is 3.62. The molecule has 0 radical (unpaired) electrons. The minimum absolute atomic E-state index is 0.295. The van der Waals surface area contributed by atoms with Gasteiger partial charge in [0.2, 0.25) is 0 Å². The van der Waals surface area contributed by atoms with Crippen LogP contribution in [0.2, 0.25) is 0 Å². The van der Waals surface area contributed by atoms with Crippen LogP contribution in [0.1, 0.15) is 4.88 Å². The second kappa shape index (κ2) is 4.61. The lowest BCUT2D eigenvalue weighted by Crippen LogP contribution is -1.99. The highest BCUT2D eigenvalue weighted by atomic mass is 32.2. The predicted octanol–water partition coefficient (Wildman–Crippen LogP) is 1.44. The minimum Gasteiger partial charge on any atom is -0.284 e. The van der Waals surface area contributed by atoms with E-state index in [1.54, 1.807) is 11.3 Å². The quantitative estimate of drug-likeness (QED) is 0.734. The highest BCUT2D eigenvalue weighted by Crippen LogP contribution is 2.08. The van der Waals surface area contributed by atoms with Crippen LogP contribution in [-0.4, -0.2) is 15.4 Å². The van der Waals surface area contributed by atoms with Gasteiger partial charge in [0.15, 0.2) is 0 Å². The highest BCUT2D eigenvalue weighted by Gasteiger charge is 1.95. The van der Waals surface area contributed by atoms with Crippen molar-refractivity contribution in [2.75, 3.05) is 6.61 Å². The van der Waals surface area contributed by atoms with Gasteiger partial charge in [-0.15, -0.1) is 11.3 Å². The molecule has 0 spiro atoms. The van der Waals surface area contributed by atoms with Crippen LogP contribution in [0, 0.1) is 0 Å². The van der Waals surface area contributed by atoms with Crippen molar-refractivity contribution in [3.63, 3.8) is 0 Å². The monoisotopic (exact) mass is 192 g/mol. The van der Waals surface area contributed by atoms with E-state index in [-0.39, 0.29) is 0 Å². The first-order valence-corrected chi connectivity index (χ1v) is 4.96. The zero-order valence-electron chi connectivity index (χ0n) is 5.73. The Morgan fingerprint density at radius 3 is 3.09 bits per heavy atom. The van der Waals surface area contributed by atoms with Crippen molar-refractivity contribution in [3.8, 4) is 0 Å². The third-order valence-corrected chi connectivity index (χ3v) is 2.42. The molecule has 11 heavy (non-hydrogen) atoms. The second-order valence-corrected chi connectivity index (χ2v) is 3.57. The molecule has 0 fully saturated rings. The van der Waals surface area contributed by atoms with Crippen molar-refractivity contribution in [3.05, 3.63) is 22.4 Å². The standard InChI is InChI=1S/C6H8O3S2/c7-11(8)9-4-3-6-2-1-5-10-6/h1-2,5H,3-4H2,(H,7,8). The van der Waals surface area contributed by atoms with Crippen molar-refractivity contribution in [2.45, 2.75) is 6.42 Å². The molecule has 3 nitrogen and oxygen atoms in total. The summed E-state index contributed by atoms with van der Waals surface area (Å²) in [5.41, 5.74) is 0. The Kier molecular flexibility index (Phi) is 3.71. The lowest BCUT2D eigenvalue weighted by Gasteiger charge is -1.94. The number of hydrogen-bond acceptors (Lipinski definition) is 3. The van der Waals surface area contributed by atoms with Gasteiger partial charge in [-0.25, -0.2) is 0 Å². The Hall–Kier alpha value is -0.230. The summed E-state index contributed by atoms with van der Waals surface area (Å²) >= 11 is -0.508. The van der Waals surface area contributed by atoms with Gasteiger partial charge in [-0.3, -0.25) is 8.74 Å². The molecule has 1 rings (SSSR count). The molecule has 0 saturated carbocycles. The number of rotatable bonds is 4. The second-order valence-electron chi connectivity index (χ2n) is 1.87. The molecular formula is C6H8O3S2. The summed E-state index contributed by atoms with van der Waals surface area (Å²) in [5.74, 6) is 0. The molecule has 1 aromatic rings. The maximum atomic E-state index is 10.0. The summed E-state index contributed by atoms with van der Waals surface area (Å²) in [4.78, 5) is 1.16. The lowest BCUT2D eigenvalue weighted by molar-refractivity contribution is 0.311. The third-order valence-electron chi connectivity index (χ3n) is 1.11. The zero-order chi connectivity index (χ0) is 8.10. The first-order chi connectivity index (χ1) is 5.29. The summed E-state index contributed by atoms with van der Waals surface area (Å²) < 4.78 is 22.7. The largest absolute Gasteiger partial charge is 0.301 e. The topological polar surface area (TPSA) is 46.5 Å². The summed E-state index contributed by atoms with van der Waals surface area (Å²) in [6.07, 6.45) is 0.698. The molecule has 0 amide bonds. The smallest absolute Gasteiger partial charge is 0.284 e. The summed E-state index contributed by atoms with van der Waals surface area (Å²) in [6, 6.07) is 3.91. The van der Waals surface area contributed by atoms with E-state index >= 15 is 0 Å². The van der Waals surface area contributed by atoms with E-state index in [0.29, 0.717) is 13.0 Å². The van der Waals surface area contributed by atoms with E-state index in [4.69, 9.17) is 4.55 Å². The first kappa shape index (κ1) is 8.86. The SMILES string of the molecule is O=S(O)OCCc1cccs1. The Balaban J connectivity index is 2.19. The van der Waals surface area contributed by atoms with Gasteiger partial charge in [-0.1, -0.05) is 6.07 Å². The molecular weight excluding hydrogens is 184 g/mol. The maximum absolute atomic E-state index is 10.0. The van der Waals surface area contributed by atoms with Gasteiger partial charge >= 0.3 is 11.4 Å². The van der Waals surface area contributed by atoms with Gasteiger partial charge in [0.1, 0.15) is 0 Å². The molecule has 0 aliphatic rings. The van der Waals surface area contributed by atoms with E-state index in [2.05, 4.69) is 4.18 Å². The number of hydrogen-bond donors (Lipinski definition) is 1. The zero-order valence-corrected chi connectivity index (χ0v) is 7.36. The van der Waals surface area contributed by atoms with Crippen molar-refractivity contribution in [2.24, 2.45) is 0 Å². The van der Waals surface area contributed by atoms with Crippen molar-refractivity contribution >= 4 is 22.7 Å². The van der Waals surface area contributed by atoms with Crippen LogP contribution in [-0.2, 0) is 22.0 Å². The van der Waals surface area contributed by atoms with Crippen LogP contribution in [0.3, 0.4) is 0 Å². The van der Waals surface area contributed by atoms with E-state index in [9.17, 15) is 4.21 Å². The Bertz CT molecular complexity index is 220. The minimum atomic E-state index is -2.12. The first-order valence-electron chi connectivity index (χ1n) is 3.05. The maximum Gasteiger partial charge on any atom is 0.301 e. The Morgan fingerprint density at radius 1 is 1.73 bits per heavy atom. The Labute approximate surface area is 71.5 Å². The molecule has 0 aliphatic carbocycles. The van der Waals surface area contributed by atoms with Gasteiger partial charge in [-0.05, 0) is 11.4 Å². The summed E-state index contributed by atoms with van der Waals surface area (Å²) in [6.45, 7) is 0.295. The molecule has 1 N–H and O–H groups in total. The van der Waals surface area contributed by atoms with Crippen LogP contribution in [0.4, 0.5) is 0 Å². The molecule has 0 aromatic carbocycles. The summed E-state index contributed by atoms with van der Waals surface area (Å²) in [7, 11) is 0. The van der Waals surface area contributed by atoms with Crippen molar-refractivity contribution in [1.82, 2.24) is 0 Å². The molecule has 1 atom stereocenters. The van der Waals surface area contributed by atoms with E-state index < -0.39 is 11.4 Å². The fourth-order valence-electron chi connectivity index (χ4n) is 0.668. The van der Waals surface area contributed by atoms with Crippen molar-refractivity contribution < 1.29 is 12.9 Å². The number of thiophene rings is 1. The average Bonchev–Trinajstić information content (AvgIpc) is 2.39.